The number of ether oxygens (including phenoxy) is 2. The molecule has 0 bridgehead atoms. The molecule has 1 heterocycles. The Morgan fingerprint density at radius 1 is 0.867 bits per heavy atom. The highest BCUT2D eigenvalue weighted by atomic mass is 16.5. The first-order chi connectivity index (χ1) is 21.9. The van der Waals surface area contributed by atoms with Crippen LogP contribution in [0.4, 0.5) is 0 Å². The fraction of sp³-hybridized carbons (Fsp3) is 0.389. The number of nitrogens with one attached hydrogen (secondary N) is 2. The van der Waals surface area contributed by atoms with E-state index in [2.05, 4.69) is 10.6 Å². The molecule has 1 aliphatic heterocycles. The first-order valence-electron chi connectivity index (χ1n) is 15.6. The number of fused-ring (bicyclic) bond motifs is 1. The summed E-state index contributed by atoms with van der Waals surface area (Å²) >= 11 is 0. The van der Waals surface area contributed by atoms with Crippen LogP contribution in [-0.4, -0.2) is 68.5 Å². The Labute approximate surface area is 264 Å². The molecule has 0 saturated carbocycles. The van der Waals surface area contributed by atoms with Crippen LogP contribution in [0.5, 0.6) is 5.75 Å². The summed E-state index contributed by atoms with van der Waals surface area (Å²) in [5.74, 6) is -0.418. The molecule has 0 spiro atoms. The zero-order valence-electron chi connectivity index (χ0n) is 25.9. The molecule has 236 valence electrons. The highest BCUT2D eigenvalue weighted by molar-refractivity contribution is 5.97. The van der Waals surface area contributed by atoms with E-state index >= 15 is 0 Å². The van der Waals surface area contributed by atoms with Gasteiger partial charge in [-0.3, -0.25) is 19.2 Å². The van der Waals surface area contributed by atoms with Crippen molar-refractivity contribution >= 4 is 23.7 Å². The van der Waals surface area contributed by atoms with Gasteiger partial charge >= 0.3 is 5.97 Å². The summed E-state index contributed by atoms with van der Waals surface area (Å²) in [4.78, 5) is 54.5. The minimum Gasteiger partial charge on any atom is -0.496 e. The average Bonchev–Trinajstić information content (AvgIpc) is 3.09. The highest BCUT2D eigenvalue weighted by Crippen LogP contribution is 2.48. The SMILES string of the molecule is COC(=O)CCCNC(=O)[C@@]1(c2ccccc2)CC[C@H](C(=O)N2CCC(NC(=O)c3ccccc3OC)CC2)c2ccccc21. The van der Waals surface area contributed by atoms with Crippen molar-refractivity contribution in [2.45, 2.75) is 55.9 Å². The van der Waals surface area contributed by atoms with Crippen LogP contribution < -0.4 is 15.4 Å². The zero-order valence-corrected chi connectivity index (χ0v) is 25.9. The topological polar surface area (TPSA) is 114 Å². The monoisotopic (exact) mass is 611 g/mol. The fourth-order valence-electron chi connectivity index (χ4n) is 6.73. The molecule has 2 atom stereocenters. The maximum absolute atomic E-state index is 14.1. The normalized spacial score (nSPS) is 19.6. The van der Waals surface area contributed by atoms with E-state index in [1.165, 1.54) is 7.11 Å². The van der Waals surface area contributed by atoms with Gasteiger partial charge in [-0.1, -0.05) is 66.7 Å². The molecule has 1 aliphatic carbocycles. The van der Waals surface area contributed by atoms with E-state index in [0.29, 0.717) is 63.1 Å². The van der Waals surface area contributed by atoms with Crippen molar-refractivity contribution < 1.29 is 28.7 Å². The molecule has 3 aromatic rings. The van der Waals surface area contributed by atoms with Gasteiger partial charge in [-0.25, -0.2) is 0 Å². The second-order valence-corrected chi connectivity index (χ2v) is 11.7. The van der Waals surface area contributed by atoms with Gasteiger partial charge in [-0.15, -0.1) is 0 Å². The molecule has 45 heavy (non-hydrogen) atoms. The Bertz CT molecular complexity index is 1520. The summed E-state index contributed by atoms with van der Waals surface area (Å²) in [5, 5.41) is 6.18. The Morgan fingerprint density at radius 3 is 2.29 bits per heavy atom. The summed E-state index contributed by atoms with van der Waals surface area (Å²) in [6.45, 7) is 1.42. The number of para-hydroxylation sites is 1. The second kappa shape index (κ2) is 14.4. The number of carbonyl (C=O) groups is 4. The first-order valence-corrected chi connectivity index (χ1v) is 15.6. The van der Waals surface area contributed by atoms with E-state index in [9.17, 15) is 19.2 Å². The maximum Gasteiger partial charge on any atom is 0.305 e. The van der Waals surface area contributed by atoms with Crippen molar-refractivity contribution in [3.63, 3.8) is 0 Å². The molecule has 2 N–H and O–H groups in total. The predicted molar refractivity (Wildman–Crippen MR) is 170 cm³/mol. The molecule has 3 amide bonds. The van der Waals surface area contributed by atoms with Crippen LogP contribution in [0, 0.1) is 0 Å². The average molecular weight is 612 g/mol. The molecule has 9 heteroatoms. The Morgan fingerprint density at radius 2 is 1.56 bits per heavy atom. The number of nitrogens with zero attached hydrogens (tertiary/aromatic N) is 1. The molecule has 0 unspecified atom stereocenters. The minimum absolute atomic E-state index is 0.0429. The number of rotatable bonds is 10. The van der Waals surface area contributed by atoms with Crippen LogP contribution in [0.15, 0.2) is 78.9 Å². The van der Waals surface area contributed by atoms with Gasteiger partial charge in [0.2, 0.25) is 11.8 Å². The van der Waals surface area contributed by atoms with Gasteiger partial charge in [0.05, 0.1) is 31.1 Å². The molecule has 0 aromatic heterocycles. The van der Waals surface area contributed by atoms with Crippen molar-refractivity contribution in [2.75, 3.05) is 33.9 Å². The summed E-state index contributed by atoms with van der Waals surface area (Å²) in [6, 6.07) is 24.6. The fourth-order valence-corrected chi connectivity index (χ4v) is 6.73. The van der Waals surface area contributed by atoms with Gasteiger partial charge in [-0.2, -0.15) is 0 Å². The summed E-state index contributed by atoms with van der Waals surface area (Å²) < 4.78 is 10.1. The van der Waals surface area contributed by atoms with Crippen molar-refractivity contribution in [3.05, 3.63) is 101 Å². The van der Waals surface area contributed by atoms with Crippen LogP contribution in [-0.2, 0) is 24.5 Å². The van der Waals surface area contributed by atoms with Crippen LogP contribution in [0.1, 0.15) is 71.5 Å². The Balaban J connectivity index is 1.31. The number of carbonyl (C=O) groups excluding carboxylic acids is 4. The van der Waals surface area contributed by atoms with E-state index in [4.69, 9.17) is 9.47 Å². The van der Waals surface area contributed by atoms with Crippen molar-refractivity contribution in [3.8, 4) is 5.75 Å². The number of hydrogen-bond acceptors (Lipinski definition) is 6. The lowest BCUT2D eigenvalue weighted by Gasteiger charge is -2.42. The number of benzene rings is 3. The van der Waals surface area contributed by atoms with Crippen LogP contribution >= 0.6 is 0 Å². The van der Waals surface area contributed by atoms with Crippen molar-refractivity contribution in [1.29, 1.82) is 0 Å². The number of piperidine rings is 1. The Kier molecular flexibility index (Phi) is 10.2. The zero-order chi connectivity index (χ0) is 31.8. The van der Waals surface area contributed by atoms with Gasteiger partial charge in [0.25, 0.3) is 5.91 Å². The van der Waals surface area contributed by atoms with Gasteiger partial charge in [-0.05, 0) is 60.9 Å². The Hall–Kier alpha value is -4.66. The van der Waals surface area contributed by atoms with E-state index in [-0.39, 0.29) is 42.1 Å². The predicted octanol–water partition coefficient (Wildman–Crippen LogP) is 4.35. The number of methoxy groups -OCH3 is 2. The molecule has 3 aromatic carbocycles. The molecule has 5 rings (SSSR count). The quantitative estimate of drug-likeness (QED) is 0.260. The van der Waals surface area contributed by atoms with Crippen molar-refractivity contribution in [2.24, 2.45) is 0 Å². The summed E-state index contributed by atoms with van der Waals surface area (Å²) in [7, 11) is 2.90. The maximum atomic E-state index is 14.1. The second-order valence-electron chi connectivity index (χ2n) is 11.7. The third kappa shape index (κ3) is 6.72. The molecule has 1 fully saturated rings. The van der Waals surface area contributed by atoms with Gasteiger partial charge < -0.3 is 25.0 Å². The number of esters is 1. The molecule has 2 aliphatic rings. The van der Waals surface area contributed by atoms with E-state index < -0.39 is 5.41 Å². The number of hydrogen-bond donors (Lipinski definition) is 2. The number of likely N-dealkylation sites (tertiary alicyclic amines) is 1. The number of amides is 3. The van der Waals surface area contributed by atoms with E-state index in [1.54, 1.807) is 19.2 Å². The first kappa shape index (κ1) is 31.8. The van der Waals surface area contributed by atoms with E-state index in [1.807, 2.05) is 71.6 Å². The summed E-state index contributed by atoms with van der Waals surface area (Å²) in [6.07, 6.45) is 3.00. The molecule has 1 saturated heterocycles. The summed E-state index contributed by atoms with van der Waals surface area (Å²) in [5.41, 5.74) is 2.11. The lowest BCUT2D eigenvalue weighted by Crippen LogP contribution is -2.51. The molecular weight excluding hydrogens is 570 g/mol. The third-order valence-electron chi connectivity index (χ3n) is 9.12. The lowest BCUT2D eigenvalue weighted by molar-refractivity contribution is -0.140. The van der Waals surface area contributed by atoms with Gasteiger partial charge in [0.15, 0.2) is 0 Å². The van der Waals surface area contributed by atoms with Crippen molar-refractivity contribution in [1.82, 2.24) is 15.5 Å². The van der Waals surface area contributed by atoms with Crippen LogP contribution in [0.3, 0.4) is 0 Å². The van der Waals surface area contributed by atoms with Crippen LogP contribution in [0.25, 0.3) is 0 Å². The van der Waals surface area contributed by atoms with Crippen LogP contribution in [0.2, 0.25) is 0 Å². The van der Waals surface area contributed by atoms with Gasteiger partial charge in [0, 0.05) is 32.1 Å². The third-order valence-corrected chi connectivity index (χ3v) is 9.12. The highest BCUT2D eigenvalue weighted by Gasteiger charge is 2.48. The smallest absolute Gasteiger partial charge is 0.305 e. The molecule has 0 radical (unpaired) electrons. The molecular formula is C36H41N3O6. The minimum atomic E-state index is -0.963. The molecule has 9 nitrogen and oxygen atoms in total. The van der Waals surface area contributed by atoms with E-state index in [0.717, 1.165) is 16.7 Å². The standard InChI is InChI=1S/C36H41N3O6/c1-44-31-16-9-7-14-29(31)33(41)38-26-19-23-39(24-20-26)34(42)28-18-21-36(25-11-4-3-5-12-25,30-15-8-6-13-27(28)30)35(43)37-22-10-17-32(40)45-2/h3-9,11-16,26,28H,10,17-24H2,1-2H3,(H,37,43)(H,38,41)/t28-,36+/m0/s1. The van der Waals surface area contributed by atoms with Gasteiger partial charge in [0.1, 0.15) is 5.75 Å². The largest absolute Gasteiger partial charge is 0.496 e. The lowest BCUT2D eigenvalue weighted by atomic mass is 9.62.